The first-order valence-corrected chi connectivity index (χ1v) is 18.7. The Balaban J connectivity index is 1.40. The maximum absolute atomic E-state index is 13.0. The molecule has 0 spiro atoms. The van der Waals surface area contributed by atoms with Gasteiger partial charge in [-0.3, -0.25) is 0 Å². The highest BCUT2D eigenvalue weighted by Crippen LogP contribution is 2.72. The molecule has 0 radical (unpaired) electrons. The second kappa shape index (κ2) is 15.6. The van der Waals surface area contributed by atoms with E-state index in [0.29, 0.717) is 57.2 Å². The minimum Gasteiger partial charge on any atom is -0.389 e. The van der Waals surface area contributed by atoms with Gasteiger partial charge in [-0.05, 0) is 63.4 Å². The van der Waals surface area contributed by atoms with Gasteiger partial charge in [0, 0.05) is 58.0 Å². The molecule has 3 unspecified atom stereocenters. The van der Waals surface area contributed by atoms with Crippen LogP contribution in [0, 0.1) is 28.6 Å². The highest BCUT2D eigenvalue weighted by molar-refractivity contribution is 5.25. The van der Waals surface area contributed by atoms with Gasteiger partial charge in [-0.15, -0.1) is 5.10 Å². The summed E-state index contributed by atoms with van der Waals surface area (Å²) < 4.78 is 50.8. The molecule has 52 heavy (non-hydrogen) atoms. The zero-order valence-electron chi connectivity index (χ0n) is 32.3. The summed E-state index contributed by atoms with van der Waals surface area (Å²) >= 11 is 0. The molecule has 0 saturated heterocycles. The third-order valence-corrected chi connectivity index (χ3v) is 13.5. The molecular formula is C39H61N3O10. The Morgan fingerprint density at radius 2 is 1.65 bits per heavy atom. The molecule has 1 aromatic heterocycles. The first-order chi connectivity index (χ1) is 24.8. The SMILES string of the molecule is COCO[C@H]1C[C@@H](OC(C)(C)OC)[C@]2(C)C3C(CC[C@]2(O)C1)[C@@]1(OCOC)CC[C@H](C(O)c2cn(Cc4ccccc4)nn2)[C@@]1(C)C[C@H]3OCOC. The molecule has 13 heteroatoms. The van der Waals surface area contributed by atoms with Gasteiger partial charge in [-0.1, -0.05) is 49.4 Å². The van der Waals surface area contributed by atoms with Crippen molar-refractivity contribution in [3.05, 3.63) is 47.8 Å². The number of methoxy groups -OCH3 is 4. The number of aromatic nitrogens is 3. The molecule has 2 N–H and O–H groups in total. The van der Waals surface area contributed by atoms with Gasteiger partial charge in [-0.25, -0.2) is 4.68 Å². The van der Waals surface area contributed by atoms with Gasteiger partial charge in [0.15, 0.2) is 5.79 Å². The Kier molecular flexibility index (Phi) is 11.9. The van der Waals surface area contributed by atoms with Crippen molar-refractivity contribution in [2.45, 2.75) is 121 Å². The number of nitrogens with zero attached hydrogens (tertiary/aromatic N) is 3. The number of hydrogen-bond donors (Lipinski definition) is 2. The summed E-state index contributed by atoms with van der Waals surface area (Å²) in [6.07, 6.45) is 3.99. The van der Waals surface area contributed by atoms with Crippen molar-refractivity contribution >= 4 is 0 Å². The Morgan fingerprint density at radius 1 is 0.942 bits per heavy atom. The second-order valence-electron chi connectivity index (χ2n) is 16.4. The van der Waals surface area contributed by atoms with Crippen molar-refractivity contribution in [2.75, 3.05) is 48.8 Å². The van der Waals surface area contributed by atoms with Crippen LogP contribution in [0.15, 0.2) is 36.5 Å². The van der Waals surface area contributed by atoms with E-state index < -0.39 is 40.0 Å². The van der Waals surface area contributed by atoms with Gasteiger partial charge in [0.1, 0.15) is 32.2 Å². The summed E-state index contributed by atoms with van der Waals surface area (Å²) in [6, 6.07) is 10.1. The molecule has 4 aliphatic rings. The van der Waals surface area contributed by atoms with Gasteiger partial charge in [0.05, 0.1) is 42.3 Å². The number of fused-ring (bicyclic) bond motifs is 5. The molecule has 4 fully saturated rings. The largest absolute Gasteiger partial charge is 0.389 e. The molecule has 13 nitrogen and oxygen atoms in total. The highest BCUT2D eigenvalue weighted by Gasteiger charge is 2.76. The van der Waals surface area contributed by atoms with Gasteiger partial charge in [0.25, 0.3) is 0 Å². The summed E-state index contributed by atoms with van der Waals surface area (Å²) in [7, 11) is 6.50. The predicted molar refractivity (Wildman–Crippen MR) is 190 cm³/mol. The fourth-order valence-corrected chi connectivity index (χ4v) is 11.0. The Hall–Kier alpha value is -2.04. The normalized spacial score (nSPS) is 38.0. The minimum absolute atomic E-state index is 0.0762. The molecule has 2 aromatic rings. The highest BCUT2D eigenvalue weighted by atomic mass is 16.7. The number of rotatable bonds is 16. The smallest absolute Gasteiger partial charge is 0.162 e. The van der Waals surface area contributed by atoms with Crippen molar-refractivity contribution in [3.63, 3.8) is 0 Å². The fourth-order valence-electron chi connectivity index (χ4n) is 11.0. The monoisotopic (exact) mass is 731 g/mol. The van der Waals surface area contributed by atoms with E-state index in [-0.39, 0.29) is 50.3 Å². The van der Waals surface area contributed by atoms with Crippen molar-refractivity contribution in [1.82, 2.24) is 15.0 Å². The molecule has 0 aliphatic heterocycles. The van der Waals surface area contributed by atoms with Crippen LogP contribution in [-0.4, -0.2) is 109 Å². The summed E-state index contributed by atoms with van der Waals surface area (Å²) in [5, 5.41) is 34.0. The first kappa shape index (κ1) is 39.6. The Bertz CT molecular complexity index is 1460. The average molecular weight is 732 g/mol. The van der Waals surface area contributed by atoms with Crippen LogP contribution in [0.1, 0.15) is 90.0 Å². The van der Waals surface area contributed by atoms with Crippen LogP contribution in [0.4, 0.5) is 0 Å². The van der Waals surface area contributed by atoms with Crippen molar-refractivity contribution in [2.24, 2.45) is 28.6 Å². The number of benzene rings is 1. The molecule has 0 amide bonds. The molecule has 1 aromatic carbocycles. The first-order valence-electron chi connectivity index (χ1n) is 18.7. The molecule has 4 aliphatic carbocycles. The molecule has 4 saturated carbocycles. The second-order valence-corrected chi connectivity index (χ2v) is 16.4. The van der Waals surface area contributed by atoms with Crippen LogP contribution in [-0.2, 0) is 44.4 Å². The lowest BCUT2D eigenvalue weighted by molar-refractivity contribution is -0.356. The maximum Gasteiger partial charge on any atom is 0.162 e. The summed E-state index contributed by atoms with van der Waals surface area (Å²) in [5.74, 6) is -1.43. The zero-order valence-corrected chi connectivity index (χ0v) is 32.3. The van der Waals surface area contributed by atoms with Gasteiger partial charge >= 0.3 is 0 Å². The molecule has 1 heterocycles. The lowest BCUT2D eigenvalue weighted by Gasteiger charge is -2.70. The zero-order chi connectivity index (χ0) is 37.4. The van der Waals surface area contributed by atoms with Crippen LogP contribution in [0.25, 0.3) is 0 Å². The van der Waals surface area contributed by atoms with Crippen LogP contribution < -0.4 is 0 Å². The van der Waals surface area contributed by atoms with Crippen LogP contribution in [0.2, 0.25) is 0 Å². The minimum atomic E-state index is -1.15. The lowest BCUT2D eigenvalue weighted by Crippen LogP contribution is -2.75. The number of ether oxygens (including phenoxy) is 8. The van der Waals surface area contributed by atoms with E-state index in [4.69, 9.17) is 37.9 Å². The van der Waals surface area contributed by atoms with E-state index in [1.165, 1.54) is 0 Å². The summed E-state index contributed by atoms with van der Waals surface area (Å²) in [4.78, 5) is 0. The fraction of sp³-hybridized carbons (Fsp3) is 0.795. The number of aliphatic hydroxyl groups is 2. The topological polar surface area (TPSA) is 145 Å². The molecule has 6 rings (SSSR count). The van der Waals surface area contributed by atoms with E-state index in [1.807, 2.05) is 50.4 Å². The summed E-state index contributed by atoms with van der Waals surface area (Å²) in [5.41, 5.74) is -1.60. The third-order valence-electron chi connectivity index (χ3n) is 13.5. The van der Waals surface area contributed by atoms with Crippen LogP contribution in [0.5, 0.6) is 0 Å². The lowest BCUT2D eigenvalue weighted by atomic mass is 9.40. The van der Waals surface area contributed by atoms with Crippen LogP contribution in [0.3, 0.4) is 0 Å². The molecule has 11 atom stereocenters. The average Bonchev–Trinajstić information content (AvgIpc) is 3.71. The molecule has 0 bridgehead atoms. The van der Waals surface area contributed by atoms with E-state index in [1.54, 1.807) is 33.1 Å². The number of aliphatic hydroxyl groups excluding tert-OH is 1. The Morgan fingerprint density at radius 3 is 2.35 bits per heavy atom. The van der Waals surface area contributed by atoms with Crippen molar-refractivity contribution in [3.8, 4) is 0 Å². The third kappa shape index (κ3) is 6.88. The van der Waals surface area contributed by atoms with E-state index in [2.05, 4.69) is 24.2 Å². The maximum atomic E-state index is 13.0. The van der Waals surface area contributed by atoms with E-state index in [0.717, 1.165) is 5.56 Å². The molecular weight excluding hydrogens is 670 g/mol. The van der Waals surface area contributed by atoms with E-state index in [9.17, 15) is 10.2 Å². The van der Waals surface area contributed by atoms with Gasteiger partial charge in [0.2, 0.25) is 0 Å². The standard InChI is InChI=1S/C39H61N3O10/c1-35(2,48-8)52-32-18-27(49-23-45-5)19-38(44)16-14-28-33(37(32,38)4)31(50-24-46-6)20-36(3)29(15-17-39(28,36)51-25-47-7)34(43)30-22-42(41-40-30)21-26-12-10-9-11-13-26/h9-13,22,27-29,31-34,43-44H,14-21,23-25H2,1-8H3/t27-,28?,29+,31+,32+,33?,34?,36+,37+,38-,39-/m0/s1. The summed E-state index contributed by atoms with van der Waals surface area (Å²) in [6.45, 7) is 9.06. The Labute approximate surface area is 308 Å². The molecule has 292 valence electrons. The quantitative estimate of drug-likeness (QED) is 0.228. The van der Waals surface area contributed by atoms with Crippen molar-refractivity contribution < 1.29 is 48.1 Å². The van der Waals surface area contributed by atoms with E-state index >= 15 is 0 Å². The van der Waals surface area contributed by atoms with Crippen molar-refractivity contribution in [1.29, 1.82) is 0 Å². The van der Waals surface area contributed by atoms with Gasteiger partial charge in [-0.2, -0.15) is 0 Å². The van der Waals surface area contributed by atoms with Gasteiger partial charge < -0.3 is 48.1 Å². The predicted octanol–water partition coefficient (Wildman–Crippen LogP) is 4.84. The number of hydrogen-bond acceptors (Lipinski definition) is 12. The van der Waals surface area contributed by atoms with Crippen LogP contribution >= 0.6 is 0 Å².